The highest BCUT2D eigenvalue weighted by Crippen LogP contribution is 2.29. The average Bonchev–Trinajstić information content (AvgIpc) is 3.12. The number of aromatic nitrogens is 1. The molecule has 4 aromatic rings. The van der Waals surface area contributed by atoms with Gasteiger partial charge in [-0.1, -0.05) is 42.5 Å². The summed E-state index contributed by atoms with van der Waals surface area (Å²) < 4.78 is 5.87. The van der Waals surface area contributed by atoms with E-state index in [1.165, 1.54) is 5.56 Å². The van der Waals surface area contributed by atoms with E-state index in [0.717, 1.165) is 16.6 Å². The molecule has 1 aromatic heterocycles. The number of fused-ring (bicyclic) bond motifs is 1. The number of aliphatic imine (C=N–C) groups is 1. The van der Waals surface area contributed by atoms with Gasteiger partial charge in [0.1, 0.15) is 11.4 Å². The van der Waals surface area contributed by atoms with Crippen molar-refractivity contribution in [2.24, 2.45) is 10.7 Å². The summed E-state index contributed by atoms with van der Waals surface area (Å²) in [5.74, 6) is 1.13. The van der Waals surface area contributed by atoms with Gasteiger partial charge in [-0.05, 0) is 41.5 Å². The molecule has 0 aliphatic carbocycles. The fourth-order valence-corrected chi connectivity index (χ4v) is 2.80. The van der Waals surface area contributed by atoms with Gasteiger partial charge in [0.15, 0.2) is 5.58 Å². The summed E-state index contributed by atoms with van der Waals surface area (Å²) in [4.78, 5) is 8.81. The number of hydrogen-bond acceptors (Lipinski definition) is 3. The Labute approximate surface area is 156 Å². The zero-order chi connectivity index (χ0) is 17.9. The van der Waals surface area contributed by atoms with Crippen molar-refractivity contribution in [2.45, 2.75) is 0 Å². The van der Waals surface area contributed by atoms with Crippen LogP contribution in [0.5, 0.6) is 0 Å². The summed E-state index contributed by atoms with van der Waals surface area (Å²) in [6.45, 7) is 0. The summed E-state index contributed by atoms with van der Waals surface area (Å²) in [6.07, 6.45) is 0. The number of alkyl halides is 1. The maximum absolute atomic E-state index is 5.87. The first-order chi connectivity index (χ1) is 12.7. The lowest BCUT2D eigenvalue weighted by atomic mass is 10.0. The summed E-state index contributed by atoms with van der Waals surface area (Å²) in [6, 6.07) is 23.9. The topological polar surface area (TPSA) is 64.4 Å². The molecule has 0 amide bonds. The van der Waals surface area contributed by atoms with E-state index in [1.54, 1.807) is 0 Å². The van der Waals surface area contributed by atoms with Crippen molar-refractivity contribution in [1.82, 2.24) is 4.98 Å². The zero-order valence-electron chi connectivity index (χ0n) is 13.9. The lowest BCUT2D eigenvalue weighted by molar-refractivity contribution is 0.620. The van der Waals surface area contributed by atoms with Crippen LogP contribution in [-0.2, 0) is 0 Å². The fraction of sp³-hybridized carbons (Fsp3) is 0.0476. The van der Waals surface area contributed by atoms with Crippen molar-refractivity contribution in [3.8, 4) is 22.6 Å². The van der Waals surface area contributed by atoms with Crippen molar-refractivity contribution in [3.05, 3.63) is 72.8 Å². The third-order valence-electron chi connectivity index (χ3n) is 4.02. The van der Waals surface area contributed by atoms with Crippen LogP contribution in [-0.4, -0.2) is 16.7 Å². The minimum atomic E-state index is 0.190. The van der Waals surface area contributed by atoms with Crippen molar-refractivity contribution < 1.29 is 4.42 Å². The molecule has 0 bridgehead atoms. The van der Waals surface area contributed by atoms with E-state index in [9.17, 15) is 0 Å². The quantitative estimate of drug-likeness (QED) is 0.301. The second-order valence-electron chi connectivity index (χ2n) is 5.85. The molecule has 0 unspecified atom stereocenters. The third kappa shape index (κ3) is 3.32. The smallest absolute Gasteiger partial charge is 0.227 e. The van der Waals surface area contributed by atoms with E-state index in [0.29, 0.717) is 23.0 Å². The SMILES string of the molecule is NC(CCl)=Nc1ccc2oc(-c3ccc(-c4ccccc4)cc3)nc2c1. The van der Waals surface area contributed by atoms with Crippen molar-refractivity contribution in [3.63, 3.8) is 0 Å². The number of hydrogen-bond donors (Lipinski definition) is 1. The molecule has 26 heavy (non-hydrogen) atoms. The van der Waals surface area contributed by atoms with E-state index in [-0.39, 0.29) is 5.88 Å². The molecule has 128 valence electrons. The van der Waals surface area contributed by atoms with Gasteiger partial charge in [-0.25, -0.2) is 9.98 Å². The van der Waals surface area contributed by atoms with E-state index in [1.807, 2.05) is 48.5 Å². The molecule has 1 heterocycles. The maximum Gasteiger partial charge on any atom is 0.227 e. The first-order valence-electron chi connectivity index (χ1n) is 8.18. The Morgan fingerprint density at radius 2 is 1.62 bits per heavy atom. The number of halogens is 1. The Kier molecular flexibility index (Phi) is 4.42. The van der Waals surface area contributed by atoms with Crippen molar-refractivity contribution in [1.29, 1.82) is 0 Å². The normalized spacial score (nSPS) is 11.8. The highest BCUT2D eigenvalue weighted by Gasteiger charge is 2.09. The fourth-order valence-electron chi connectivity index (χ4n) is 2.74. The number of amidine groups is 1. The summed E-state index contributed by atoms with van der Waals surface area (Å²) in [5.41, 5.74) is 11.1. The van der Waals surface area contributed by atoms with Crippen LogP contribution in [0.25, 0.3) is 33.7 Å². The molecule has 0 spiro atoms. The van der Waals surface area contributed by atoms with Crippen LogP contribution < -0.4 is 5.73 Å². The predicted molar refractivity (Wildman–Crippen MR) is 107 cm³/mol. The average molecular weight is 362 g/mol. The molecule has 0 radical (unpaired) electrons. The second-order valence-corrected chi connectivity index (χ2v) is 6.12. The molecule has 4 rings (SSSR count). The zero-order valence-corrected chi connectivity index (χ0v) is 14.6. The first-order valence-corrected chi connectivity index (χ1v) is 8.72. The van der Waals surface area contributed by atoms with Gasteiger partial charge in [-0.15, -0.1) is 11.6 Å². The van der Waals surface area contributed by atoms with E-state index in [2.05, 4.69) is 34.2 Å². The number of benzene rings is 3. The van der Waals surface area contributed by atoms with Gasteiger partial charge in [0, 0.05) is 5.56 Å². The standard InChI is InChI=1S/C21H16ClN3O/c22-13-20(23)24-17-10-11-19-18(12-17)25-21(26-19)16-8-6-15(7-9-16)14-4-2-1-3-5-14/h1-12H,13H2,(H2,23,24). The highest BCUT2D eigenvalue weighted by atomic mass is 35.5. The van der Waals surface area contributed by atoms with E-state index < -0.39 is 0 Å². The first kappa shape index (κ1) is 16.4. The maximum atomic E-state index is 5.87. The lowest BCUT2D eigenvalue weighted by Crippen LogP contribution is -2.12. The molecule has 2 N–H and O–H groups in total. The molecular weight excluding hydrogens is 346 g/mol. The van der Waals surface area contributed by atoms with Crippen LogP contribution in [0.4, 0.5) is 5.69 Å². The Balaban J connectivity index is 1.66. The molecule has 0 saturated carbocycles. The van der Waals surface area contributed by atoms with Crippen LogP contribution in [0.1, 0.15) is 0 Å². The number of oxazole rings is 1. The second kappa shape index (κ2) is 7.02. The molecular formula is C21H16ClN3O. The number of nitrogens with two attached hydrogens (primary N) is 1. The predicted octanol–water partition coefficient (Wildman–Crippen LogP) is 5.39. The summed E-state index contributed by atoms with van der Waals surface area (Å²) >= 11 is 5.67. The molecule has 0 atom stereocenters. The van der Waals surface area contributed by atoms with Gasteiger partial charge < -0.3 is 10.2 Å². The van der Waals surface area contributed by atoms with Crippen molar-refractivity contribution >= 4 is 34.2 Å². The van der Waals surface area contributed by atoms with Crippen LogP contribution in [0.3, 0.4) is 0 Å². The van der Waals surface area contributed by atoms with Crippen molar-refractivity contribution in [2.75, 3.05) is 5.88 Å². The van der Waals surface area contributed by atoms with Crippen LogP contribution in [0.2, 0.25) is 0 Å². The monoisotopic (exact) mass is 361 g/mol. The largest absolute Gasteiger partial charge is 0.436 e. The Morgan fingerprint density at radius 3 is 2.35 bits per heavy atom. The molecule has 3 aromatic carbocycles. The molecule has 0 fully saturated rings. The van der Waals surface area contributed by atoms with Gasteiger partial charge in [0.05, 0.1) is 11.6 Å². The lowest BCUT2D eigenvalue weighted by Gasteiger charge is -2.02. The minimum Gasteiger partial charge on any atom is -0.436 e. The Morgan fingerprint density at radius 1 is 0.923 bits per heavy atom. The Hall–Kier alpha value is -3.11. The molecule has 4 nitrogen and oxygen atoms in total. The molecule has 0 aliphatic rings. The van der Waals surface area contributed by atoms with Gasteiger partial charge in [-0.2, -0.15) is 0 Å². The van der Waals surface area contributed by atoms with E-state index >= 15 is 0 Å². The summed E-state index contributed by atoms with van der Waals surface area (Å²) in [7, 11) is 0. The van der Waals surface area contributed by atoms with Gasteiger partial charge in [0.25, 0.3) is 0 Å². The van der Waals surface area contributed by atoms with Crippen LogP contribution in [0.15, 0.2) is 82.2 Å². The third-order valence-corrected chi connectivity index (χ3v) is 4.29. The summed E-state index contributed by atoms with van der Waals surface area (Å²) in [5, 5.41) is 0. The van der Waals surface area contributed by atoms with Crippen LogP contribution in [0, 0.1) is 0 Å². The van der Waals surface area contributed by atoms with Gasteiger partial charge in [0.2, 0.25) is 5.89 Å². The molecule has 5 heteroatoms. The number of rotatable bonds is 4. The van der Waals surface area contributed by atoms with Gasteiger partial charge >= 0.3 is 0 Å². The molecule has 0 saturated heterocycles. The van der Waals surface area contributed by atoms with E-state index in [4.69, 9.17) is 21.8 Å². The molecule has 0 aliphatic heterocycles. The van der Waals surface area contributed by atoms with Crippen LogP contribution >= 0.6 is 11.6 Å². The number of nitrogens with zero attached hydrogens (tertiary/aromatic N) is 2. The highest BCUT2D eigenvalue weighted by molar-refractivity contribution is 6.28. The van der Waals surface area contributed by atoms with Gasteiger partial charge in [-0.3, -0.25) is 0 Å². The Bertz CT molecular complexity index is 1070. The minimum absolute atomic E-state index is 0.190.